The van der Waals surface area contributed by atoms with Crippen LogP contribution in [-0.2, 0) is 0 Å². The molecular formula is C19H22BrN3O2. The molecule has 1 saturated heterocycles. The smallest absolute Gasteiger partial charge is 0.319 e. The van der Waals surface area contributed by atoms with Crippen molar-refractivity contribution in [1.29, 1.82) is 0 Å². The predicted octanol–water partition coefficient (Wildman–Crippen LogP) is 3.72. The lowest BCUT2D eigenvalue weighted by molar-refractivity contribution is 0.242. The molecule has 2 aromatic rings. The number of anilines is 1. The summed E-state index contributed by atoms with van der Waals surface area (Å²) in [6.07, 6.45) is 0.982. The van der Waals surface area contributed by atoms with E-state index in [1.54, 1.807) is 7.11 Å². The average molecular weight is 404 g/mol. The third-order valence-electron chi connectivity index (χ3n) is 4.44. The second-order valence-corrected chi connectivity index (χ2v) is 7.00. The van der Waals surface area contributed by atoms with E-state index >= 15 is 0 Å². The van der Waals surface area contributed by atoms with Gasteiger partial charge >= 0.3 is 6.03 Å². The summed E-state index contributed by atoms with van der Waals surface area (Å²) in [5.41, 5.74) is 1.99. The van der Waals surface area contributed by atoms with Gasteiger partial charge in [0.05, 0.1) is 7.11 Å². The highest BCUT2D eigenvalue weighted by molar-refractivity contribution is 9.10. The van der Waals surface area contributed by atoms with E-state index in [0.717, 1.165) is 35.4 Å². The van der Waals surface area contributed by atoms with Gasteiger partial charge in [0.25, 0.3) is 0 Å². The number of amides is 2. The van der Waals surface area contributed by atoms with Crippen LogP contribution in [0.4, 0.5) is 10.5 Å². The number of urea groups is 1. The van der Waals surface area contributed by atoms with Gasteiger partial charge in [0.2, 0.25) is 0 Å². The van der Waals surface area contributed by atoms with Crippen molar-refractivity contribution in [3.63, 3.8) is 0 Å². The van der Waals surface area contributed by atoms with Crippen LogP contribution in [0.15, 0.2) is 53.0 Å². The summed E-state index contributed by atoms with van der Waals surface area (Å²) in [6, 6.07) is 15.5. The maximum absolute atomic E-state index is 12.4. The predicted molar refractivity (Wildman–Crippen MR) is 103 cm³/mol. The molecule has 0 unspecified atom stereocenters. The van der Waals surface area contributed by atoms with E-state index in [1.165, 1.54) is 5.56 Å². The van der Waals surface area contributed by atoms with Gasteiger partial charge in [-0.15, -0.1) is 0 Å². The Morgan fingerprint density at radius 3 is 2.56 bits per heavy atom. The molecule has 0 bridgehead atoms. The van der Waals surface area contributed by atoms with Gasteiger partial charge in [0.1, 0.15) is 5.75 Å². The van der Waals surface area contributed by atoms with Crippen molar-refractivity contribution in [2.24, 2.45) is 0 Å². The molecule has 3 rings (SSSR count). The van der Waals surface area contributed by atoms with Gasteiger partial charge in [-0.3, -0.25) is 0 Å². The number of methoxy groups -OCH3 is 1. The molecule has 1 aliphatic rings. The number of hydrogen-bond acceptors (Lipinski definition) is 3. The van der Waals surface area contributed by atoms with Gasteiger partial charge in [-0.25, -0.2) is 4.79 Å². The van der Waals surface area contributed by atoms with Crippen LogP contribution < -0.4 is 20.7 Å². The molecule has 2 aromatic carbocycles. The second-order valence-electron chi connectivity index (χ2n) is 6.08. The molecule has 0 aromatic heterocycles. The summed E-state index contributed by atoms with van der Waals surface area (Å²) in [7, 11) is 1.66. The van der Waals surface area contributed by atoms with Crippen molar-refractivity contribution in [3.8, 4) is 5.75 Å². The van der Waals surface area contributed by atoms with E-state index in [0.29, 0.717) is 0 Å². The van der Waals surface area contributed by atoms with Crippen molar-refractivity contribution in [3.05, 3.63) is 58.6 Å². The minimum Gasteiger partial charge on any atom is -0.497 e. The maximum atomic E-state index is 12.4. The minimum absolute atomic E-state index is 0.0394. The summed E-state index contributed by atoms with van der Waals surface area (Å²) >= 11 is 3.39. The highest BCUT2D eigenvalue weighted by atomic mass is 79.9. The van der Waals surface area contributed by atoms with Crippen LogP contribution in [0.5, 0.6) is 5.75 Å². The zero-order chi connectivity index (χ0) is 17.6. The molecule has 0 spiro atoms. The molecule has 132 valence electrons. The first-order valence-electron chi connectivity index (χ1n) is 8.33. The van der Waals surface area contributed by atoms with Crippen LogP contribution in [0.3, 0.4) is 0 Å². The van der Waals surface area contributed by atoms with Crippen molar-refractivity contribution >= 4 is 27.6 Å². The largest absolute Gasteiger partial charge is 0.497 e. The molecule has 3 N–H and O–H groups in total. The number of halogens is 1. The number of carbonyl (C=O) groups is 1. The topological polar surface area (TPSA) is 62.4 Å². The fourth-order valence-corrected chi connectivity index (χ4v) is 3.39. The average Bonchev–Trinajstić information content (AvgIpc) is 2.64. The first kappa shape index (κ1) is 17.8. The molecule has 0 radical (unpaired) electrons. The normalized spacial score (nSPS) is 19.9. The standard InChI is InChI=1S/C19H22BrN3O2/c1-25-16-8-2-13(3-9-16)17-10-11-21-12-18(17)23-19(24)22-15-6-4-14(20)5-7-15/h2-9,17-18,21H,10-12H2,1H3,(H2,22,23,24)/t17-,18+/m0/s1. The Labute approximate surface area is 156 Å². The molecule has 1 fully saturated rings. The maximum Gasteiger partial charge on any atom is 0.319 e. The summed E-state index contributed by atoms with van der Waals surface area (Å²) in [4.78, 5) is 12.4. The second kappa shape index (κ2) is 8.36. The number of benzene rings is 2. The fraction of sp³-hybridized carbons (Fsp3) is 0.316. The van der Waals surface area contributed by atoms with Gasteiger partial charge in [0.15, 0.2) is 0 Å². The molecule has 5 nitrogen and oxygen atoms in total. The summed E-state index contributed by atoms with van der Waals surface area (Å²) < 4.78 is 6.21. The van der Waals surface area contributed by atoms with E-state index in [2.05, 4.69) is 44.0 Å². The number of carbonyl (C=O) groups excluding carboxylic acids is 1. The Kier molecular flexibility index (Phi) is 5.94. The summed E-state index contributed by atoms with van der Waals surface area (Å²) in [5, 5.41) is 9.35. The molecule has 1 heterocycles. The van der Waals surface area contributed by atoms with E-state index in [4.69, 9.17) is 4.74 Å². The van der Waals surface area contributed by atoms with Gasteiger partial charge in [-0.2, -0.15) is 0 Å². The third kappa shape index (κ3) is 4.74. The zero-order valence-electron chi connectivity index (χ0n) is 14.1. The third-order valence-corrected chi connectivity index (χ3v) is 4.97. The fourth-order valence-electron chi connectivity index (χ4n) is 3.13. The molecule has 6 heteroatoms. The van der Waals surface area contributed by atoms with Gasteiger partial charge in [-0.05, 0) is 54.9 Å². The lowest BCUT2D eigenvalue weighted by Crippen LogP contribution is -2.51. The molecule has 25 heavy (non-hydrogen) atoms. The highest BCUT2D eigenvalue weighted by Crippen LogP contribution is 2.27. The zero-order valence-corrected chi connectivity index (χ0v) is 15.7. The number of hydrogen-bond donors (Lipinski definition) is 3. The van der Waals surface area contributed by atoms with Crippen LogP contribution >= 0.6 is 15.9 Å². The Hall–Kier alpha value is -2.05. The lowest BCUT2D eigenvalue weighted by atomic mass is 9.86. The van der Waals surface area contributed by atoms with Crippen molar-refractivity contribution in [2.75, 3.05) is 25.5 Å². The number of nitrogens with one attached hydrogen (secondary N) is 3. The highest BCUT2D eigenvalue weighted by Gasteiger charge is 2.27. The van der Waals surface area contributed by atoms with E-state index < -0.39 is 0 Å². The molecule has 1 aliphatic heterocycles. The van der Waals surface area contributed by atoms with Crippen molar-refractivity contribution < 1.29 is 9.53 Å². The molecule has 0 aliphatic carbocycles. The van der Waals surface area contributed by atoms with E-state index in [-0.39, 0.29) is 18.0 Å². The molecule has 0 saturated carbocycles. The first-order valence-corrected chi connectivity index (χ1v) is 9.13. The van der Waals surface area contributed by atoms with Crippen molar-refractivity contribution in [2.45, 2.75) is 18.4 Å². The van der Waals surface area contributed by atoms with Crippen LogP contribution in [-0.4, -0.2) is 32.3 Å². The summed E-state index contributed by atoms with van der Waals surface area (Å²) in [5.74, 6) is 1.12. The van der Waals surface area contributed by atoms with Crippen molar-refractivity contribution in [1.82, 2.24) is 10.6 Å². The molecule has 2 amide bonds. The number of piperidine rings is 1. The van der Waals surface area contributed by atoms with Crippen LogP contribution in [0, 0.1) is 0 Å². The van der Waals surface area contributed by atoms with Gasteiger partial charge < -0.3 is 20.7 Å². The lowest BCUT2D eigenvalue weighted by Gasteiger charge is -2.33. The van der Waals surface area contributed by atoms with E-state index in [1.807, 2.05) is 36.4 Å². The monoisotopic (exact) mass is 403 g/mol. The van der Waals surface area contributed by atoms with Gasteiger partial charge in [0, 0.05) is 28.7 Å². The Balaban J connectivity index is 1.65. The Morgan fingerprint density at radius 2 is 1.88 bits per heavy atom. The summed E-state index contributed by atoms with van der Waals surface area (Å²) in [6.45, 7) is 1.70. The molecular weight excluding hydrogens is 382 g/mol. The number of ether oxygens (including phenoxy) is 1. The quantitative estimate of drug-likeness (QED) is 0.728. The van der Waals surface area contributed by atoms with Gasteiger partial charge in [-0.1, -0.05) is 28.1 Å². The van der Waals surface area contributed by atoms with Crippen LogP contribution in [0.2, 0.25) is 0 Å². The first-order chi connectivity index (χ1) is 12.2. The Morgan fingerprint density at radius 1 is 1.16 bits per heavy atom. The SMILES string of the molecule is COc1ccc([C@@H]2CCNC[C@H]2NC(=O)Nc2ccc(Br)cc2)cc1. The van der Waals surface area contributed by atoms with E-state index in [9.17, 15) is 4.79 Å². The van der Waals surface area contributed by atoms with Crippen LogP contribution in [0.25, 0.3) is 0 Å². The minimum atomic E-state index is -0.186. The Bertz CT molecular complexity index is 704. The molecule has 2 atom stereocenters. The van der Waals surface area contributed by atoms with Crippen LogP contribution in [0.1, 0.15) is 17.9 Å². The number of rotatable bonds is 4.